The second-order valence-corrected chi connectivity index (χ2v) is 6.53. The molecule has 1 atom stereocenters. The minimum absolute atomic E-state index is 0.0721. The third-order valence-electron chi connectivity index (χ3n) is 3.45. The number of para-hydroxylation sites is 1. The van der Waals surface area contributed by atoms with Gasteiger partial charge in [0.1, 0.15) is 0 Å². The Morgan fingerprint density at radius 3 is 2.67 bits per heavy atom. The molecule has 0 aliphatic heterocycles. The maximum atomic E-state index is 12.3. The van der Waals surface area contributed by atoms with Crippen LogP contribution in [-0.4, -0.2) is 30.9 Å². The van der Waals surface area contributed by atoms with Crippen molar-refractivity contribution >= 4 is 23.4 Å². The topological polar surface area (TPSA) is 72.7 Å². The highest BCUT2D eigenvalue weighted by molar-refractivity contribution is 8.00. The largest absolute Gasteiger partial charge is 0.325 e. The number of hydrogen-bond acceptors (Lipinski definition) is 5. The van der Waals surface area contributed by atoms with E-state index in [9.17, 15) is 4.79 Å². The molecule has 0 fully saturated rings. The Hall–Kier alpha value is -2.67. The van der Waals surface area contributed by atoms with Gasteiger partial charge in [-0.3, -0.25) is 9.78 Å². The maximum Gasteiger partial charge on any atom is 0.237 e. The average molecular weight is 339 g/mol. The number of pyridine rings is 1. The van der Waals surface area contributed by atoms with Gasteiger partial charge in [-0.05, 0) is 31.2 Å². The summed E-state index contributed by atoms with van der Waals surface area (Å²) in [7, 11) is 1.88. The minimum Gasteiger partial charge on any atom is -0.325 e. The van der Waals surface area contributed by atoms with Crippen LogP contribution in [0.2, 0.25) is 0 Å². The van der Waals surface area contributed by atoms with Crippen LogP contribution < -0.4 is 5.32 Å². The Morgan fingerprint density at radius 2 is 1.96 bits per heavy atom. The number of thioether (sulfide) groups is 1. The van der Waals surface area contributed by atoms with Crippen LogP contribution in [0, 0.1) is 0 Å². The van der Waals surface area contributed by atoms with E-state index >= 15 is 0 Å². The number of carbonyl (C=O) groups excluding carboxylic acids is 1. The maximum absolute atomic E-state index is 12.3. The van der Waals surface area contributed by atoms with Gasteiger partial charge < -0.3 is 9.88 Å². The first-order chi connectivity index (χ1) is 11.6. The van der Waals surface area contributed by atoms with Crippen LogP contribution >= 0.6 is 11.8 Å². The highest BCUT2D eigenvalue weighted by atomic mass is 32.2. The van der Waals surface area contributed by atoms with Crippen LogP contribution in [-0.2, 0) is 11.8 Å². The molecular weight excluding hydrogens is 322 g/mol. The number of nitrogens with one attached hydrogen (secondary N) is 1. The molecule has 0 radical (unpaired) electrons. The van der Waals surface area contributed by atoms with E-state index in [1.165, 1.54) is 11.8 Å². The quantitative estimate of drug-likeness (QED) is 0.724. The Morgan fingerprint density at radius 1 is 1.17 bits per heavy atom. The van der Waals surface area contributed by atoms with Crippen molar-refractivity contribution in [3.63, 3.8) is 0 Å². The van der Waals surface area contributed by atoms with Gasteiger partial charge in [0.2, 0.25) is 5.91 Å². The Labute approximate surface area is 144 Å². The molecule has 7 heteroatoms. The summed E-state index contributed by atoms with van der Waals surface area (Å²) in [5.41, 5.74) is 1.67. The molecule has 122 valence electrons. The van der Waals surface area contributed by atoms with Gasteiger partial charge in [0, 0.05) is 30.7 Å². The van der Waals surface area contributed by atoms with E-state index in [2.05, 4.69) is 20.5 Å². The summed E-state index contributed by atoms with van der Waals surface area (Å²) in [6.45, 7) is 1.85. The van der Waals surface area contributed by atoms with Crippen LogP contribution in [0.1, 0.15) is 6.92 Å². The van der Waals surface area contributed by atoms with E-state index in [1.54, 1.807) is 12.4 Å². The van der Waals surface area contributed by atoms with Gasteiger partial charge in [-0.25, -0.2) is 0 Å². The molecule has 3 aromatic rings. The number of hydrogen-bond donors (Lipinski definition) is 1. The summed E-state index contributed by atoms with van der Waals surface area (Å²) in [6, 6.07) is 13.2. The SMILES string of the molecule is C[C@H](Sc1nnc(-c2cccnc2)n1C)C(=O)Nc1ccccc1. The van der Waals surface area contributed by atoms with E-state index in [0.29, 0.717) is 5.16 Å². The molecule has 2 heterocycles. The van der Waals surface area contributed by atoms with Crippen LogP contribution in [0.3, 0.4) is 0 Å². The van der Waals surface area contributed by atoms with E-state index in [-0.39, 0.29) is 11.2 Å². The van der Waals surface area contributed by atoms with Crippen molar-refractivity contribution in [2.24, 2.45) is 7.05 Å². The molecule has 6 nitrogen and oxygen atoms in total. The number of nitrogens with zero attached hydrogens (tertiary/aromatic N) is 4. The zero-order valence-electron chi connectivity index (χ0n) is 13.4. The number of benzene rings is 1. The predicted octanol–water partition coefficient (Wildman–Crippen LogP) is 3.00. The van der Waals surface area contributed by atoms with Gasteiger partial charge >= 0.3 is 0 Å². The molecule has 0 spiro atoms. The highest BCUT2D eigenvalue weighted by Gasteiger charge is 2.19. The molecule has 2 aromatic heterocycles. The summed E-state index contributed by atoms with van der Waals surface area (Å²) in [4.78, 5) is 16.4. The molecule has 0 saturated heterocycles. The summed E-state index contributed by atoms with van der Waals surface area (Å²) in [5.74, 6) is 0.651. The third kappa shape index (κ3) is 3.62. The molecule has 3 rings (SSSR count). The van der Waals surface area contributed by atoms with Crippen molar-refractivity contribution < 1.29 is 4.79 Å². The monoisotopic (exact) mass is 339 g/mol. The highest BCUT2D eigenvalue weighted by Crippen LogP contribution is 2.25. The zero-order chi connectivity index (χ0) is 16.9. The second-order valence-electron chi connectivity index (χ2n) is 5.22. The Balaban J connectivity index is 1.70. The molecule has 1 aromatic carbocycles. The Bertz CT molecular complexity index is 820. The molecule has 0 unspecified atom stereocenters. The molecular formula is C17H17N5OS. The second kappa shape index (κ2) is 7.27. The van der Waals surface area contributed by atoms with Crippen molar-refractivity contribution in [3.8, 4) is 11.4 Å². The van der Waals surface area contributed by atoms with E-state index in [0.717, 1.165) is 17.1 Å². The number of aromatic nitrogens is 4. The molecule has 0 aliphatic carbocycles. The lowest BCUT2D eigenvalue weighted by molar-refractivity contribution is -0.115. The number of carbonyl (C=O) groups is 1. The van der Waals surface area contributed by atoms with Gasteiger partial charge in [0.25, 0.3) is 0 Å². The fraction of sp³-hybridized carbons (Fsp3) is 0.176. The molecule has 1 amide bonds. The van der Waals surface area contributed by atoms with E-state index in [1.807, 2.05) is 61.0 Å². The predicted molar refractivity (Wildman–Crippen MR) is 94.6 cm³/mol. The van der Waals surface area contributed by atoms with Gasteiger partial charge in [-0.1, -0.05) is 30.0 Å². The first kappa shape index (κ1) is 16.2. The van der Waals surface area contributed by atoms with Crippen LogP contribution in [0.25, 0.3) is 11.4 Å². The van der Waals surface area contributed by atoms with Crippen LogP contribution in [0.15, 0.2) is 60.0 Å². The molecule has 1 N–H and O–H groups in total. The molecule has 0 saturated carbocycles. The average Bonchev–Trinajstić information content (AvgIpc) is 2.97. The van der Waals surface area contributed by atoms with E-state index in [4.69, 9.17) is 0 Å². The first-order valence-corrected chi connectivity index (χ1v) is 8.35. The van der Waals surface area contributed by atoms with Crippen molar-refractivity contribution in [2.75, 3.05) is 5.32 Å². The molecule has 0 bridgehead atoms. The number of anilines is 1. The van der Waals surface area contributed by atoms with Crippen molar-refractivity contribution in [1.29, 1.82) is 0 Å². The number of amides is 1. The lowest BCUT2D eigenvalue weighted by atomic mass is 10.3. The van der Waals surface area contributed by atoms with E-state index < -0.39 is 0 Å². The van der Waals surface area contributed by atoms with Crippen molar-refractivity contribution in [2.45, 2.75) is 17.3 Å². The van der Waals surface area contributed by atoms with Gasteiger partial charge in [0.05, 0.1) is 5.25 Å². The summed E-state index contributed by atoms with van der Waals surface area (Å²) in [6.07, 6.45) is 3.45. The van der Waals surface area contributed by atoms with Gasteiger partial charge in [-0.15, -0.1) is 10.2 Å². The summed E-state index contributed by atoms with van der Waals surface area (Å²) in [5, 5.41) is 11.7. The summed E-state index contributed by atoms with van der Waals surface area (Å²) >= 11 is 1.37. The fourth-order valence-electron chi connectivity index (χ4n) is 2.14. The lowest BCUT2D eigenvalue weighted by Crippen LogP contribution is -2.22. The number of rotatable bonds is 5. The van der Waals surface area contributed by atoms with Crippen molar-refractivity contribution in [3.05, 3.63) is 54.9 Å². The zero-order valence-corrected chi connectivity index (χ0v) is 14.2. The summed E-state index contributed by atoms with van der Waals surface area (Å²) < 4.78 is 1.87. The standard InChI is InChI=1S/C17H17N5OS/c1-12(16(23)19-14-8-4-3-5-9-14)24-17-21-20-15(22(17)2)13-7-6-10-18-11-13/h3-12H,1-2H3,(H,19,23)/t12-/m0/s1. The van der Waals surface area contributed by atoms with Crippen LogP contribution in [0.4, 0.5) is 5.69 Å². The lowest BCUT2D eigenvalue weighted by Gasteiger charge is -2.11. The third-order valence-corrected chi connectivity index (χ3v) is 4.58. The smallest absolute Gasteiger partial charge is 0.237 e. The molecule has 24 heavy (non-hydrogen) atoms. The Kier molecular flexibility index (Phi) is 4.90. The normalized spacial score (nSPS) is 11.9. The van der Waals surface area contributed by atoms with Crippen molar-refractivity contribution in [1.82, 2.24) is 19.7 Å². The van der Waals surface area contributed by atoms with Crippen LogP contribution in [0.5, 0.6) is 0 Å². The molecule has 0 aliphatic rings. The first-order valence-electron chi connectivity index (χ1n) is 7.47. The van der Waals surface area contributed by atoms with Gasteiger partial charge in [0.15, 0.2) is 11.0 Å². The fourth-order valence-corrected chi connectivity index (χ4v) is 2.96. The van der Waals surface area contributed by atoms with Gasteiger partial charge in [-0.2, -0.15) is 0 Å². The minimum atomic E-state index is -0.296.